The van der Waals surface area contributed by atoms with E-state index in [1.165, 1.54) is 25.7 Å². The molecule has 0 aromatic carbocycles. The molecule has 1 aromatic rings. The van der Waals surface area contributed by atoms with E-state index in [9.17, 15) is 4.79 Å². The van der Waals surface area contributed by atoms with Gasteiger partial charge in [0.25, 0.3) is 0 Å². The van der Waals surface area contributed by atoms with Crippen LogP contribution in [0.15, 0.2) is 12.4 Å². The first-order chi connectivity index (χ1) is 13.0. The van der Waals surface area contributed by atoms with Crippen molar-refractivity contribution in [2.45, 2.75) is 65.3 Å². The fourth-order valence-corrected chi connectivity index (χ4v) is 5.54. The highest BCUT2D eigenvalue weighted by Crippen LogP contribution is 2.55. The van der Waals surface area contributed by atoms with Gasteiger partial charge < -0.3 is 4.90 Å². The van der Waals surface area contributed by atoms with Gasteiger partial charge in [-0.1, -0.05) is 13.8 Å². The predicted molar refractivity (Wildman–Crippen MR) is 108 cm³/mol. The number of carbonyl (C=O) groups excluding carboxylic acids is 1. The monoisotopic (exact) mass is 370 g/mol. The maximum absolute atomic E-state index is 12.2. The molecular weight excluding hydrogens is 336 g/mol. The summed E-state index contributed by atoms with van der Waals surface area (Å²) < 4.78 is 0. The van der Waals surface area contributed by atoms with E-state index < -0.39 is 0 Å². The van der Waals surface area contributed by atoms with E-state index >= 15 is 0 Å². The van der Waals surface area contributed by atoms with Gasteiger partial charge in [0.2, 0.25) is 0 Å². The third kappa shape index (κ3) is 3.89. The smallest absolute Gasteiger partial charge is 0.138 e. The van der Waals surface area contributed by atoms with Gasteiger partial charge in [0.05, 0.1) is 18.1 Å². The molecule has 2 aliphatic carbocycles. The molecule has 1 aromatic heterocycles. The lowest BCUT2D eigenvalue weighted by Crippen LogP contribution is -2.53. The van der Waals surface area contributed by atoms with Crippen LogP contribution in [0.5, 0.6) is 0 Å². The minimum Gasteiger partial charge on any atom is -0.366 e. The first kappa shape index (κ1) is 18.9. The van der Waals surface area contributed by atoms with Gasteiger partial charge in [-0.2, -0.15) is 0 Å². The summed E-state index contributed by atoms with van der Waals surface area (Å²) in [4.78, 5) is 26.0. The SMILES string of the molecule is Cc1ncc(N2CCN(C3CCC4(CC3)CC(C(=O)C(C)C)C4)CC2)cn1. The summed E-state index contributed by atoms with van der Waals surface area (Å²) >= 11 is 0. The van der Waals surface area contributed by atoms with Crippen molar-refractivity contribution in [3.05, 3.63) is 18.2 Å². The van der Waals surface area contributed by atoms with Crippen LogP contribution in [0.2, 0.25) is 0 Å². The fraction of sp³-hybridized carbons (Fsp3) is 0.773. The van der Waals surface area contributed by atoms with Crippen LogP contribution in [0.3, 0.4) is 0 Å². The summed E-state index contributed by atoms with van der Waals surface area (Å²) in [6.07, 6.45) is 11.5. The Morgan fingerprint density at radius 2 is 1.67 bits per heavy atom. The second kappa shape index (κ2) is 7.50. The molecule has 148 valence electrons. The number of aromatic nitrogens is 2. The van der Waals surface area contributed by atoms with Gasteiger partial charge in [-0.3, -0.25) is 9.69 Å². The van der Waals surface area contributed by atoms with E-state index in [1.54, 1.807) is 0 Å². The van der Waals surface area contributed by atoms with Gasteiger partial charge in [0.15, 0.2) is 0 Å². The van der Waals surface area contributed by atoms with Crippen LogP contribution in [-0.2, 0) is 4.79 Å². The zero-order chi connectivity index (χ0) is 19.0. The van der Waals surface area contributed by atoms with Crippen LogP contribution in [0.1, 0.15) is 58.2 Å². The number of anilines is 1. The van der Waals surface area contributed by atoms with Crippen LogP contribution in [0.4, 0.5) is 5.69 Å². The third-order valence-electron chi connectivity index (χ3n) is 7.31. The van der Waals surface area contributed by atoms with E-state index in [1.807, 2.05) is 33.2 Å². The van der Waals surface area contributed by atoms with Crippen LogP contribution in [-0.4, -0.2) is 52.9 Å². The van der Waals surface area contributed by atoms with Gasteiger partial charge in [-0.15, -0.1) is 0 Å². The van der Waals surface area contributed by atoms with Gasteiger partial charge in [0.1, 0.15) is 11.6 Å². The highest BCUT2D eigenvalue weighted by molar-refractivity contribution is 5.83. The van der Waals surface area contributed by atoms with Crippen molar-refractivity contribution in [3.63, 3.8) is 0 Å². The number of carbonyl (C=O) groups is 1. The highest BCUT2D eigenvalue weighted by Gasteiger charge is 2.49. The zero-order valence-electron chi connectivity index (χ0n) is 17.2. The summed E-state index contributed by atoms with van der Waals surface area (Å²) in [5.74, 6) is 1.90. The van der Waals surface area contributed by atoms with E-state index in [2.05, 4.69) is 19.8 Å². The summed E-state index contributed by atoms with van der Waals surface area (Å²) in [5.41, 5.74) is 1.66. The molecule has 0 radical (unpaired) electrons. The van der Waals surface area contributed by atoms with E-state index in [0.29, 0.717) is 17.1 Å². The number of piperazine rings is 1. The number of nitrogens with zero attached hydrogens (tertiary/aromatic N) is 4. The summed E-state index contributed by atoms with van der Waals surface area (Å²) in [5, 5.41) is 0. The molecule has 3 aliphatic rings. The van der Waals surface area contributed by atoms with Crippen molar-refractivity contribution in [1.82, 2.24) is 14.9 Å². The van der Waals surface area contributed by atoms with Gasteiger partial charge >= 0.3 is 0 Å². The first-order valence-electron chi connectivity index (χ1n) is 10.8. The van der Waals surface area contributed by atoms with Crippen molar-refractivity contribution in [3.8, 4) is 0 Å². The van der Waals surface area contributed by atoms with Crippen molar-refractivity contribution >= 4 is 11.5 Å². The Kier molecular flexibility index (Phi) is 5.23. The molecule has 27 heavy (non-hydrogen) atoms. The normalized spacial score (nSPS) is 31.9. The molecule has 0 N–H and O–H groups in total. The molecule has 0 amide bonds. The number of hydrogen-bond acceptors (Lipinski definition) is 5. The van der Waals surface area contributed by atoms with Gasteiger partial charge in [0, 0.05) is 44.1 Å². The average Bonchev–Trinajstić information content (AvgIpc) is 2.66. The summed E-state index contributed by atoms with van der Waals surface area (Å²) in [7, 11) is 0. The van der Waals surface area contributed by atoms with Gasteiger partial charge in [-0.25, -0.2) is 9.97 Å². The fourth-order valence-electron chi connectivity index (χ4n) is 5.54. The van der Waals surface area contributed by atoms with Crippen molar-refractivity contribution < 1.29 is 4.79 Å². The molecule has 1 aliphatic heterocycles. The Morgan fingerprint density at radius 3 is 2.22 bits per heavy atom. The minimum atomic E-state index is 0.207. The van der Waals surface area contributed by atoms with Crippen LogP contribution in [0, 0.1) is 24.2 Å². The molecule has 2 heterocycles. The maximum Gasteiger partial charge on any atom is 0.138 e. The largest absolute Gasteiger partial charge is 0.366 e. The Morgan fingerprint density at radius 1 is 1.07 bits per heavy atom. The Labute approximate surface area is 163 Å². The molecule has 2 saturated carbocycles. The number of Topliss-reactive ketones (excluding diaryl/α,β-unsaturated/α-hetero) is 1. The molecular formula is C22H34N4O. The summed E-state index contributed by atoms with van der Waals surface area (Å²) in [6.45, 7) is 10.4. The molecule has 1 spiro atoms. The quantitative estimate of drug-likeness (QED) is 0.812. The van der Waals surface area contributed by atoms with Crippen molar-refractivity contribution in [1.29, 1.82) is 0 Å². The molecule has 5 heteroatoms. The predicted octanol–water partition coefficient (Wildman–Crippen LogP) is 3.47. The zero-order valence-corrected chi connectivity index (χ0v) is 17.2. The van der Waals surface area contributed by atoms with E-state index in [0.717, 1.165) is 56.6 Å². The second-order valence-electron chi connectivity index (χ2n) is 9.40. The van der Waals surface area contributed by atoms with Crippen LogP contribution in [0.25, 0.3) is 0 Å². The van der Waals surface area contributed by atoms with E-state index in [-0.39, 0.29) is 5.92 Å². The van der Waals surface area contributed by atoms with Crippen molar-refractivity contribution in [2.75, 3.05) is 31.1 Å². The second-order valence-corrected chi connectivity index (χ2v) is 9.40. The molecule has 0 bridgehead atoms. The molecule has 0 unspecified atom stereocenters. The lowest BCUT2D eigenvalue weighted by atomic mass is 9.53. The maximum atomic E-state index is 12.2. The number of hydrogen-bond donors (Lipinski definition) is 0. The average molecular weight is 371 g/mol. The minimum absolute atomic E-state index is 0.207. The lowest BCUT2D eigenvalue weighted by Gasteiger charge is -2.53. The molecule has 1 saturated heterocycles. The van der Waals surface area contributed by atoms with Crippen LogP contribution < -0.4 is 4.90 Å². The third-order valence-corrected chi connectivity index (χ3v) is 7.31. The van der Waals surface area contributed by atoms with Crippen LogP contribution >= 0.6 is 0 Å². The highest BCUT2D eigenvalue weighted by atomic mass is 16.1. The summed E-state index contributed by atoms with van der Waals surface area (Å²) in [6, 6.07) is 0.742. The molecule has 4 rings (SSSR count). The Balaban J connectivity index is 1.23. The molecule has 5 nitrogen and oxygen atoms in total. The molecule has 3 fully saturated rings. The number of rotatable bonds is 4. The Bertz CT molecular complexity index is 647. The number of aryl methyl sites for hydroxylation is 1. The van der Waals surface area contributed by atoms with E-state index in [4.69, 9.17) is 0 Å². The standard InChI is InChI=1S/C22H34N4O/c1-16(2)21(27)18-12-22(13-18)6-4-19(5-7-22)25-8-10-26(11-9-25)20-14-23-17(3)24-15-20/h14-16,18-19H,4-13H2,1-3H3. The lowest BCUT2D eigenvalue weighted by molar-refractivity contribution is -0.135. The van der Waals surface area contributed by atoms with Crippen molar-refractivity contribution in [2.24, 2.45) is 17.3 Å². The first-order valence-corrected chi connectivity index (χ1v) is 10.8. The van der Waals surface area contributed by atoms with Gasteiger partial charge in [-0.05, 0) is 50.9 Å². The molecule has 0 atom stereocenters. The number of ketones is 1. The topological polar surface area (TPSA) is 49.3 Å². The Hall–Kier alpha value is -1.49.